The second-order valence-electron chi connectivity index (χ2n) is 4.73. The lowest BCUT2D eigenvalue weighted by Crippen LogP contribution is -2.15. The van der Waals surface area contributed by atoms with Crippen molar-refractivity contribution in [1.82, 2.24) is 0 Å². The quantitative estimate of drug-likeness (QED) is 0.851. The van der Waals surface area contributed by atoms with Crippen molar-refractivity contribution in [2.24, 2.45) is 0 Å². The van der Waals surface area contributed by atoms with E-state index in [0.29, 0.717) is 17.1 Å². The molecule has 116 valence electrons. The van der Waals surface area contributed by atoms with E-state index in [1.165, 1.54) is 25.3 Å². The molecule has 1 atom stereocenters. The maximum Gasteiger partial charge on any atom is 0.311 e. The number of carbonyl (C=O) groups is 1. The molecule has 0 radical (unpaired) electrons. The SMILES string of the molecule is COc1ccccc1OCCC(C(=O)O)c1cccc(F)c1. The van der Waals surface area contributed by atoms with Gasteiger partial charge in [-0.25, -0.2) is 4.39 Å². The smallest absolute Gasteiger partial charge is 0.311 e. The second kappa shape index (κ2) is 7.45. The van der Waals surface area contributed by atoms with Crippen LogP contribution in [0.3, 0.4) is 0 Å². The molecule has 0 heterocycles. The number of hydrogen-bond acceptors (Lipinski definition) is 3. The van der Waals surface area contributed by atoms with Crippen LogP contribution in [0.4, 0.5) is 4.39 Å². The molecule has 0 aliphatic rings. The van der Waals surface area contributed by atoms with Crippen molar-refractivity contribution >= 4 is 5.97 Å². The molecule has 0 saturated carbocycles. The first-order valence-corrected chi connectivity index (χ1v) is 6.86. The Hall–Kier alpha value is -2.56. The highest BCUT2D eigenvalue weighted by Gasteiger charge is 2.20. The number of ether oxygens (including phenoxy) is 2. The van der Waals surface area contributed by atoms with Crippen molar-refractivity contribution in [2.45, 2.75) is 12.3 Å². The summed E-state index contributed by atoms with van der Waals surface area (Å²) in [5.41, 5.74) is 0.427. The third-order valence-electron chi connectivity index (χ3n) is 3.28. The first-order chi connectivity index (χ1) is 10.6. The summed E-state index contributed by atoms with van der Waals surface area (Å²) in [7, 11) is 1.54. The van der Waals surface area contributed by atoms with E-state index in [9.17, 15) is 14.3 Å². The average molecular weight is 304 g/mol. The molecule has 22 heavy (non-hydrogen) atoms. The number of halogens is 1. The van der Waals surface area contributed by atoms with Gasteiger partial charge in [0.15, 0.2) is 11.5 Å². The molecule has 2 rings (SSSR count). The van der Waals surface area contributed by atoms with Crippen molar-refractivity contribution in [3.05, 3.63) is 59.9 Å². The molecule has 2 aromatic carbocycles. The van der Waals surface area contributed by atoms with Crippen LogP contribution in [-0.2, 0) is 4.79 Å². The van der Waals surface area contributed by atoms with Gasteiger partial charge in [0, 0.05) is 0 Å². The summed E-state index contributed by atoms with van der Waals surface area (Å²) in [6, 6.07) is 12.8. The fraction of sp³-hybridized carbons (Fsp3) is 0.235. The summed E-state index contributed by atoms with van der Waals surface area (Å²) in [4.78, 5) is 11.4. The van der Waals surface area contributed by atoms with Gasteiger partial charge in [-0.1, -0.05) is 24.3 Å². The van der Waals surface area contributed by atoms with Crippen molar-refractivity contribution in [1.29, 1.82) is 0 Å². The van der Waals surface area contributed by atoms with Crippen molar-refractivity contribution in [3.8, 4) is 11.5 Å². The third-order valence-corrected chi connectivity index (χ3v) is 3.28. The van der Waals surface area contributed by atoms with Gasteiger partial charge in [0.2, 0.25) is 0 Å². The van der Waals surface area contributed by atoms with Gasteiger partial charge in [0.05, 0.1) is 19.6 Å². The van der Waals surface area contributed by atoms with Gasteiger partial charge in [0.25, 0.3) is 0 Å². The lowest BCUT2D eigenvalue weighted by molar-refractivity contribution is -0.139. The van der Waals surface area contributed by atoms with Gasteiger partial charge in [-0.15, -0.1) is 0 Å². The maximum absolute atomic E-state index is 13.2. The Morgan fingerprint density at radius 1 is 1.18 bits per heavy atom. The van der Waals surface area contributed by atoms with Gasteiger partial charge in [-0.05, 0) is 36.2 Å². The minimum Gasteiger partial charge on any atom is -0.493 e. The molecule has 0 aliphatic carbocycles. The fourth-order valence-electron chi connectivity index (χ4n) is 2.18. The number of para-hydroxylation sites is 2. The average Bonchev–Trinajstić information content (AvgIpc) is 2.51. The Labute approximate surface area is 128 Å². The van der Waals surface area contributed by atoms with E-state index in [-0.39, 0.29) is 13.0 Å². The van der Waals surface area contributed by atoms with Gasteiger partial charge >= 0.3 is 5.97 Å². The zero-order chi connectivity index (χ0) is 15.9. The number of rotatable bonds is 7. The molecule has 0 aromatic heterocycles. The highest BCUT2D eigenvalue weighted by molar-refractivity contribution is 5.76. The Bertz CT molecular complexity index is 642. The molecular formula is C17H17FO4. The predicted octanol–water partition coefficient (Wildman–Crippen LogP) is 3.47. The van der Waals surface area contributed by atoms with Crippen molar-refractivity contribution < 1.29 is 23.8 Å². The maximum atomic E-state index is 13.2. The molecule has 0 aliphatic heterocycles. The van der Waals surface area contributed by atoms with E-state index in [2.05, 4.69) is 0 Å². The Kier molecular flexibility index (Phi) is 5.36. The lowest BCUT2D eigenvalue weighted by Gasteiger charge is -2.15. The van der Waals surface area contributed by atoms with E-state index in [1.807, 2.05) is 6.07 Å². The molecule has 5 heteroatoms. The van der Waals surface area contributed by atoms with Crippen LogP contribution in [0.1, 0.15) is 17.9 Å². The van der Waals surface area contributed by atoms with Gasteiger partial charge < -0.3 is 14.6 Å². The lowest BCUT2D eigenvalue weighted by atomic mass is 9.96. The number of methoxy groups -OCH3 is 1. The normalized spacial score (nSPS) is 11.7. The third kappa shape index (κ3) is 3.97. The Morgan fingerprint density at radius 3 is 2.55 bits per heavy atom. The number of aliphatic carboxylic acids is 1. The first kappa shape index (κ1) is 15.8. The highest BCUT2D eigenvalue weighted by atomic mass is 19.1. The molecule has 0 saturated heterocycles. The summed E-state index contributed by atoms with van der Waals surface area (Å²) in [5.74, 6) is -1.14. The molecular weight excluding hydrogens is 287 g/mol. The van der Waals surface area contributed by atoms with Crippen molar-refractivity contribution in [2.75, 3.05) is 13.7 Å². The van der Waals surface area contributed by atoms with Gasteiger partial charge in [0.1, 0.15) is 5.82 Å². The molecule has 1 unspecified atom stereocenters. The number of carboxylic acids is 1. The first-order valence-electron chi connectivity index (χ1n) is 6.86. The zero-order valence-electron chi connectivity index (χ0n) is 12.2. The summed E-state index contributed by atoms with van der Waals surface area (Å²) < 4.78 is 24.0. The topological polar surface area (TPSA) is 55.8 Å². The Morgan fingerprint density at radius 2 is 1.91 bits per heavy atom. The van der Waals surface area contributed by atoms with Crippen LogP contribution < -0.4 is 9.47 Å². The minimum absolute atomic E-state index is 0.188. The van der Waals surface area contributed by atoms with Crippen LogP contribution >= 0.6 is 0 Å². The van der Waals surface area contributed by atoms with Crippen LogP contribution in [0, 0.1) is 5.82 Å². The van der Waals surface area contributed by atoms with E-state index in [1.54, 1.807) is 24.3 Å². The zero-order valence-corrected chi connectivity index (χ0v) is 12.2. The number of benzene rings is 2. The number of hydrogen-bond donors (Lipinski definition) is 1. The minimum atomic E-state index is -1.01. The summed E-state index contributed by atoms with van der Waals surface area (Å²) >= 11 is 0. The van der Waals surface area contributed by atoms with E-state index in [4.69, 9.17) is 9.47 Å². The van der Waals surface area contributed by atoms with Crippen molar-refractivity contribution in [3.63, 3.8) is 0 Å². The van der Waals surface area contributed by atoms with E-state index >= 15 is 0 Å². The summed E-state index contributed by atoms with van der Waals surface area (Å²) in [6.07, 6.45) is 0.233. The summed E-state index contributed by atoms with van der Waals surface area (Å²) in [6.45, 7) is 0.188. The van der Waals surface area contributed by atoms with Crippen LogP contribution in [0.25, 0.3) is 0 Å². The molecule has 2 aromatic rings. The molecule has 1 N–H and O–H groups in total. The Balaban J connectivity index is 2.02. The molecule has 0 amide bonds. The van der Waals surface area contributed by atoms with Crippen LogP contribution in [-0.4, -0.2) is 24.8 Å². The van der Waals surface area contributed by atoms with Crippen LogP contribution in [0.2, 0.25) is 0 Å². The standard InChI is InChI=1S/C17H17FO4/c1-21-15-7-2-3-8-16(15)22-10-9-14(17(19)20)12-5-4-6-13(18)11-12/h2-8,11,14H,9-10H2,1H3,(H,19,20). The fourth-order valence-corrected chi connectivity index (χ4v) is 2.18. The monoisotopic (exact) mass is 304 g/mol. The molecule has 0 bridgehead atoms. The van der Waals surface area contributed by atoms with Gasteiger partial charge in [-0.2, -0.15) is 0 Å². The predicted molar refractivity (Wildman–Crippen MR) is 79.9 cm³/mol. The summed E-state index contributed by atoms with van der Waals surface area (Å²) in [5, 5.41) is 9.31. The largest absolute Gasteiger partial charge is 0.493 e. The van der Waals surface area contributed by atoms with Crippen LogP contribution in [0.15, 0.2) is 48.5 Å². The number of carboxylic acid groups (broad SMARTS) is 1. The van der Waals surface area contributed by atoms with Crippen LogP contribution in [0.5, 0.6) is 11.5 Å². The molecule has 0 fully saturated rings. The van der Waals surface area contributed by atoms with Gasteiger partial charge in [-0.3, -0.25) is 4.79 Å². The second-order valence-corrected chi connectivity index (χ2v) is 4.73. The highest BCUT2D eigenvalue weighted by Crippen LogP contribution is 2.27. The molecule has 0 spiro atoms. The molecule has 4 nitrogen and oxygen atoms in total. The van der Waals surface area contributed by atoms with E-state index in [0.717, 1.165) is 0 Å². The van der Waals surface area contributed by atoms with E-state index < -0.39 is 17.7 Å².